The molecule has 1 heterocycles. The van der Waals surface area contributed by atoms with Gasteiger partial charge in [-0.25, -0.2) is 8.42 Å². The summed E-state index contributed by atoms with van der Waals surface area (Å²) in [5.41, 5.74) is 0.820. The van der Waals surface area contributed by atoms with Crippen LogP contribution < -0.4 is 5.32 Å². The molecule has 1 aliphatic rings. The molecule has 0 spiro atoms. The highest BCUT2D eigenvalue weighted by Crippen LogP contribution is 2.22. The maximum absolute atomic E-state index is 12.6. The minimum atomic E-state index is -3.24. The third kappa shape index (κ3) is 4.60. The molecule has 1 aromatic rings. The first kappa shape index (κ1) is 19.4. The summed E-state index contributed by atoms with van der Waals surface area (Å²) in [6.45, 7) is 6.13. The zero-order chi connectivity index (χ0) is 18.8. The summed E-state index contributed by atoms with van der Waals surface area (Å²) in [5.74, 6) is -0.289. The average molecular weight is 366 g/mol. The summed E-state index contributed by atoms with van der Waals surface area (Å²) in [7, 11) is -3.24. The summed E-state index contributed by atoms with van der Waals surface area (Å²) in [6, 6.07) is 5.79. The van der Waals surface area contributed by atoms with Crippen LogP contribution in [-0.2, 0) is 19.4 Å². The van der Waals surface area contributed by atoms with Crippen LogP contribution in [0, 0.1) is 5.92 Å². The molecular formula is C18H26N2O4S. The topological polar surface area (TPSA) is 83.6 Å². The van der Waals surface area contributed by atoms with E-state index < -0.39 is 15.9 Å². The van der Waals surface area contributed by atoms with E-state index in [1.54, 1.807) is 17.0 Å². The lowest BCUT2D eigenvalue weighted by atomic mass is 10.1. The van der Waals surface area contributed by atoms with E-state index in [0.717, 1.165) is 18.2 Å². The van der Waals surface area contributed by atoms with E-state index in [1.165, 1.54) is 12.1 Å². The molecule has 1 fully saturated rings. The molecule has 138 valence electrons. The Balaban J connectivity index is 2.05. The first-order valence-electron chi connectivity index (χ1n) is 8.52. The summed E-state index contributed by atoms with van der Waals surface area (Å²) in [6.07, 6.45) is 2.66. The van der Waals surface area contributed by atoms with Gasteiger partial charge in [-0.1, -0.05) is 26.0 Å². The lowest BCUT2D eigenvalue weighted by Gasteiger charge is -2.27. The highest BCUT2D eigenvalue weighted by atomic mass is 32.2. The molecular weight excluding hydrogens is 340 g/mol. The number of nitrogens with zero attached hydrogens (tertiary/aromatic N) is 1. The Morgan fingerprint density at radius 3 is 2.28 bits per heavy atom. The monoisotopic (exact) mass is 366 g/mol. The van der Waals surface area contributed by atoms with Gasteiger partial charge in [0.05, 0.1) is 10.9 Å². The first-order chi connectivity index (χ1) is 11.6. The van der Waals surface area contributed by atoms with E-state index in [-0.39, 0.29) is 28.7 Å². The van der Waals surface area contributed by atoms with Crippen LogP contribution in [0.4, 0.5) is 0 Å². The van der Waals surface area contributed by atoms with Crippen LogP contribution in [0.3, 0.4) is 0 Å². The molecule has 1 saturated heterocycles. The number of carbonyl (C=O) groups is 2. The molecule has 0 saturated carbocycles. The van der Waals surface area contributed by atoms with Crippen molar-refractivity contribution in [3.63, 3.8) is 0 Å². The number of sulfone groups is 1. The van der Waals surface area contributed by atoms with Crippen LogP contribution >= 0.6 is 0 Å². The molecule has 1 N–H and O–H groups in total. The van der Waals surface area contributed by atoms with Crippen molar-refractivity contribution >= 4 is 21.7 Å². The Hall–Kier alpha value is -1.89. The predicted octanol–water partition coefficient (Wildman–Crippen LogP) is 1.91. The average Bonchev–Trinajstić information content (AvgIpc) is 3.02. The molecule has 0 radical (unpaired) electrons. The van der Waals surface area contributed by atoms with Crippen LogP contribution in [0.1, 0.15) is 45.2 Å². The highest BCUT2D eigenvalue weighted by molar-refractivity contribution is 7.90. The minimum Gasteiger partial charge on any atom is -0.348 e. The molecule has 0 aliphatic carbocycles. The first-order valence-corrected chi connectivity index (χ1v) is 10.4. The Morgan fingerprint density at radius 2 is 1.76 bits per heavy atom. The summed E-state index contributed by atoms with van der Waals surface area (Å²) < 4.78 is 23.0. The van der Waals surface area contributed by atoms with Gasteiger partial charge < -0.3 is 10.2 Å². The zero-order valence-electron chi connectivity index (χ0n) is 15.2. The largest absolute Gasteiger partial charge is 0.348 e. The summed E-state index contributed by atoms with van der Waals surface area (Å²) in [4.78, 5) is 26.7. The van der Waals surface area contributed by atoms with Gasteiger partial charge in [0.15, 0.2) is 9.84 Å². The van der Waals surface area contributed by atoms with Gasteiger partial charge in [0.25, 0.3) is 0 Å². The van der Waals surface area contributed by atoms with E-state index in [0.29, 0.717) is 13.0 Å². The maximum atomic E-state index is 12.6. The minimum absolute atomic E-state index is 0.00260. The lowest BCUT2D eigenvalue weighted by molar-refractivity contribution is -0.141. The van der Waals surface area contributed by atoms with Crippen LogP contribution in [0.2, 0.25) is 0 Å². The third-order valence-corrected chi connectivity index (χ3v) is 5.63. The van der Waals surface area contributed by atoms with Gasteiger partial charge in [0.2, 0.25) is 11.8 Å². The van der Waals surface area contributed by atoms with Crippen LogP contribution in [0.25, 0.3) is 0 Å². The van der Waals surface area contributed by atoms with Gasteiger partial charge in [-0.3, -0.25) is 9.59 Å². The standard InChI is InChI=1S/C18H26N2O4S/c1-12(2)18(22)20-11-5-6-16(20)17(21)19-13(3)14-7-9-15(10-8-14)25(4,23)24/h7-10,12-13,16H,5-6,11H2,1-4H3,(H,19,21). The molecule has 2 amide bonds. The number of amides is 2. The number of hydrogen-bond acceptors (Lipinski definition) is 4. The van der Waals surface area contributed by atoms with E-state index >= 15 is 0 Å². The second-order valence-electron chi connectivity index (χ2n) is 6.92. The predicted molar refractivity (Wildman–Crippen MR) is 95.7 cm³/mol. The number of hydrogen-bond donors (Lipinski definition) is 1. The number of rotatable bonds is 5. The lowest BCUT2D eigenvalue weighted by Crippen LogP contribution is -2.47. The second-order valence-corrected chi connectivity index (χ2v) is 8.93. The smallest absolute Gasteiger partial charge is 0.243 e. The quantitative estimate of drug-likeness (QED) is 0.863. The van der Waals surface area contributed by atoms with Crippen molar-refractivity contribution in [3.8, 4) is 0 Å². The SMILES string of the molecule is CC(C)C(=O)N1CCCC1C(=O)NC(C)c1ccc(S(C)(=O)=O)cc1. The van der Waals surface area contributed by atoms with Crippen molar-refractivity contribution in [2.24, 2.45) is 5.92 Å². The van der Waals surface area contributed by atoms with E-state index in [4.69, 9.17) is 0 Å². The van der Waals surface area contributed by atoms with Crippen molar-refractivity contribution in [2.45, 2.75) is 50.6 Å². The second kappa shape index (κ2) is 7.56. The Labute approximate surface area is 149 Å². The maximum Gasteiger partial charge on any atom is 0.243 e. The van der Waals surface area contributed by atoms with Crippen molar-refractivity contribution in [1.82, 2.24) is 10.2 Å². The van der Waals surface area contributed by atoms with Crippen molar-refractivity contribution < 1.29 is 18.0 Å². The van der Waals surface area contributed by atoms with Crippen LogP contribution in [-0.4, -0.2) is 44.0 Å². The Morgan fingerprint density at radius 1 is 1.16 bits per heavy atom. The molecule has 1 aliphatic heterocycles. The molecule has 0 aromatic heterocycles. The van der Waals surface area contributed by atoms with Crippen molar-refractivity contribution in [2.75, 3.05) is 12.8 Å². The van der Waals surface area contributed by atoms with Gasteiger partial charge in [-0.2, -0.15) is 0 Å². The molecule has 6 nitrogen and oxygen atoms in total. The van der Waals surface area contributed by atoms with Gasteiger partial charge in [-0.05, 0) is 37.5 Å². The molecule has 25 heavy (non-hydrogen) atoms. The summed E-state index contributed by atoms with van der Waals surface area (Å²) >= 11 is 0. The van der Waals surface area contributed by atoms with Crippen LogP contribution in [0.15, 0.2) is 29.2 Å². The third-order valence-electron chi connectivity index (χ3n) is 4.50. The summed E-state index contributed by atoms with van der Waals surface area (Å²) in [5, 5.41) is 2.94. The molecule has 2 atom stereocenters. The highest BCUT2D eigenvalue weighted by Gasteiger charge is 2.35. The van der Waals surface area contributed by atoms with Gasteiger partial charge in [0.1, 0.15) is 6.04 Å². The van der Waals surface area contributed by atoms with E-state index in [2.05, 4.69) is 5.32 Å². The normalized spacial score (nSPS) is 19.1. The Bertz CT molecular complexity index is 741. The molecule has 2 unspecified atom stereocenters. The molecule has 1 aromatic carbocycles. The van der Waals surface area contributed by atoms with Crippen LogP contribution in [0.5, 0.6) is 0 Å². The fraction of sp³-hybridized carbons (Fsp3) is 0.556. The van der Waals surface area contributed by atoms with Crippen molar-refractivity contribution in [3.05, 3.63) is 29.8 Å². The van der Waals surface area contributed by atoms with Gasteiger partial charge in [-0.15, -0.1) is 0 Å². The number of carbonyl (C=O) groups excluding carboxylic acids is 2. The van der Waals surface area contributed by atoms with Gasteiger partial charge >= 0.3 is 0 Å². The van der Waals surface area contributed by atoms with Crippen molar-refractivity contribution in [1.29, 1.82) is 0 Å². The molecule has 7 heteroatoms. The number of likely N-dealkylation sites (tertiary alicyclic amines) is 1. The van der Waals surface area contributed by atoms with E-state index in [1.807, 2.05) is 20.8 Å². The molecule has 2 rings (SSSR count). The fourth-order valence-corrected chi connectivity index (χ4v) is 3.66. The zero-order valence-corrected chi connectivity index (χ0v) is 16.0. The molecule has 0 bridgehead atoms. The number of benzene rings is 1. The van der Waals surface area contributed by atoms with E-state index in [9.17, 15) is 18.0 Å². The fourth-order valence-electron chi connectivity index (χ4n) is 3.03. The van der Waals surface area contributed by atoms with Gasteiger partial charge in [0, 0.05) is 18.7 Å². The number of nitrogens with one attached hydrogen (secondary N) is 1. The Kier molecular flexibility index (Phi) is 5.87.